The van der Waals surface area contributed by atoms with Crippen LogP contribution in [0.4, 0.5) is 29.7 Å². The van der Waals surface area contributed by atoms with E-state index in [2.05, 4.69) is 40.8 Å². The summed E-state index contributed by atoms with van der Waals surface area (Å²) in [6.45, 7) is -1.31. The lowest BCUT2D eigenvalue weighted by Gasteiger charge is -2.17. The quantitative estimate of drug-likeness (QED) is 0.173. The Labute approximate surface area is 320 Å². The second kappa shape index (κ2) is 15.1. The smallest absolute Gasteiger partial charge is 0.441 e. The van der Waals surface area contributed by atoms with Gasteiger partial charge in [-0.2, -0.15) is 9.59 Å². The van der Waals surface area contributed by atoms with Crippen LogP contribution in [0.1, 0.15) is 0 Å². The van der Waals surface area contributed by atoms with Gasteiger partial charge in [-0.25, -0.2) is 22.9 Å². The molecule has 23 heteroatoms. The second-order valence-electron chi connectivity index (χ2n) is 12.7. The molecule has 2 aliphatic rings. The van der Waals surface area contributed by atoms with Crippen LogP contribution in [0.3, 0.4) is 0 Å². The predicted octanol–water partition coefficient (Wildman–Crippen LogP) is 3.95. The average molecular weight is 803 g/mol. The zero-order chi connectivity index (χ0) is 39.8. The van der Waals surface area contributed by atoms with Crippen molar-refractivity contribution in [1.29, 1.82) is 0 Å². The summed E-state index contributed by atoms with van der Waals surface area (Å²) in [7, 11) is -1.50. The van der Waals surface area contributed by atoms with Crippen molar-refractivity contribution in [3.63, 3.8) is 0 Å². The highest BCUT2D eigenvalue weighted by molar-refractivity contribution is 7.47. The van der Waals surface area contributed by atoms with Crippen LogP contribution in [0.25, 0.3) is 45.3 Å². The number of nitrogens with zero attached hydrogens (tertiary/aromatic N) is 12. The lowest BCUT2D eigenvalue weighted by atomic mass is 10.1. The molecule has 6 heterocycles. The largest absolute Gasteiger partial charge is 0.472 e. The number of amides is 2. The van der Waals surface area contributed by atoms with Gasteiger partial charge in [-0.15, -0.1) is 20.4 Å². The number of rotatable bonds is 12. The Morgan fingerprint density at radius 1 is 0.719 bits per heavy atom. The van der Waals surface area contributed by atoms with Crippen LogP contribution in [-0.2, 0) is 37.2 Å². The summed E-state index contributed by atoms with van der Waals surface area (Å²) in [5, 5.41) is 23.5. The van der Waals surface area contributed by atoms with E-state index < -0.39 is 57.1 Å². The average Bonchev–Trinajstić information content (AvgIpc) is 4.01. The molecule has 0 radical (unpaired) electrons. The summed E-state index contributed by atoms with van der Waals surface area (Å²) in [6.07, 6.45) is -0.719. The normalized spacial score (nSPS) is 17.0. The molecule has 8 rings (SSSR count). The maximum absolute atomic E-state index is 15.2. The van der Waals surface area contributed by atoms with Crippen LogP contribution in [0.2, 0.25) is 0 Å². The number of phosphoric acid groups is 1. The molecule has 0 unspecified atom stereocenters. The first-order chi connectivity index (χ1) is 27.4. The lowest BCUT2D eigenvalue weighted by Crippen LogP contribution is -2.26. The first kappa shape index (κ1) is 37.3. The Morgan fingerprint density at radius 2 is 1.16 bits per heavy atom. The Balaban J connectivity index is 0.820. The minimum atomic E-state index is -4.74. The molecular formula is C34H29F2N12O8P. The minimum Gasteiger partial charge on any atom is -0.441 e. The maximum Gasteiger partial charge on any atom is 0.472 e. The third kappa shape index (κ3) is 8.05. The van der Waals surface area contributed by atoms with Crippen molar-refractivity contribution >= 4 is 31.4 Å². The van der Waals surface area contributed by atoms with Gasteiger partial charge >= 0.3 is 20.0 Å². The van der Waals surface area contributed by atoms with E-state index in [1.807, 2.05) is 0 Å². The Hall–Kier alpha value is -6.61. The summed E-state index contributed by atoms with van der Waals surface area (Å²) in [5.74, 6) is -0.637. The molecular weight excluding hydrogens is 773 g/mol. The fourth-order valence-electron chi connectivity index (χ4n) is 5.99. The molecule has 1 N–H and O–H groups in total. The van der Waals surface area contributed by atoms with Gasteiger partial charge in [-0.05, 0) is 59.0 Å². The number of phosphoric ester groups is 1. The zero-order valence-electron chi connectivity index (χ0n) is 29.8. The number of aryl methyl sites for hydroxylation is 2. The highest BCUT2D eigenvalue weighted by Crippen LogP contribution is 2.44. The number of ether oxygens (including phenoxy) is 2. The third-order valence-corrected chi connectivity index (χ3v) is 9.70. The number of halogens is 2. The van der Waals surface area contributed by atoms with E-state index >= 15 is 8.78 Å². The topological polar surface area (TPSA) is 228 Å². The number of hydrogen-bond acceptors (Lipinski definition) is 15. The molecule has 57 heavy (non-hydrogen) atoms. The number of carbonyl (C=O) groups excluding carboxylic acids is 2. The second-order valence-corrected chi connectivity index (χ2v) is 14.1. The van der Waals surface area contributed by atoms with Crippen molar-refractivity contribution in [2.24, 2.45) is 14.1 Å². The number of aromatic nitrogens is 10. The highest BCUT2D eigenvalue weighted by Gasteiger charge is 2.38. The Morgan fingerprint density at radius 3 is 1.51 bits per heavy atom. The van der Waals surface area contributed by atoms with Gasteiger partial charge in [0.1, 0.15) is 35.2 Å². The number of tetrazole rings is 2. The van der Waals surface area contributed by atoms with E-state index in [-0.39, 0.29) is 35.6 Å². The van der Waals surface area contributed by atoms with Crippen molar-refractivity contribution in [1.82, 2.24) is 50.4 Å². The molecule has 20 nitrogen and oxygen atoms in total. The molecule has 2 aliphatic heterocycles. The van der Waals surface area contributed by atoms with Crippen LogP contribution in [-0.4, -0.2) is 106 Å². The van der Waals surface area contributed by atoms with E-state index in [9.17, 15) is 19.0 Å². The van der Waals surface area contributed by atoms with Gasteiger partial charge in [0.25, 0.3) is 0 Å². The van der Waals surface area contributed by atoms with Crippen LogP contribution in [0.15, 0.2) is 73.1 Å². The monoisotopic (exact) mass is 802 g/mol. The molecule has 6 aromatic rings. The number of carbonyl (C=O) groups is 2. The van der Waals surface area contributed by atoms with Crippen molar-refractivity contribution in [3.8, 4) is 45.3 Å². The van der Waals surface area contributed by atoms with Gasteiger partial charge in [0.15, 0.2) is 0 Å². The summed E-state index contributed by atoms with van der Waals surface area (Å²) in [5.41, 5.74) is 2.68. The van der Waals surface area contributed by atoms with E-state index in [1.54, 1.807) is 38.4 Å². The van der Waals surface area contributed by atoms with Crippen LogP contribution in [0, 0.1) is 11.6 Å². The van der Waals surface area contributed by atoms with Crippen LogP contribution >= 0.6 is 7.82 Å². The van der Waals surface area contributed by atoms with Gasteiger partial charge in [-0.3, -0.25) is 28.8 Å². The molecule has 2 amide bonds. The minimum absolute atomic E-state index is 0.119. The summed E-state index contributed by atoms with van der Waals surface area (Å²) >= 11 is 0. The lowest BCUT2D eigenvalue weighted by molar-refractivity contribution is 0.0572. The molecule has 2 aromatic carbocycles. The van der Waals surface area contributed by atoms with Crippen LogP contribution < -0.4 is 9.80 Å². The standard InChI is InChI=1S/C34H29F2N12O8P/c1-45-41-31(39-43-45)29-9-3-19(13-37-29)25-7-5-21(11-27(25)35)47-15-23(55-33(47)49)17-53-57(51,52)54-18-24-16-48(34(50)56-24)22-6-8-26(28(36)12-22)20-4-10-30(38-14-20)32-40-44-46(2)42-32/h3-14,23-24H,15-18H2,1-2H3,(H,51,52)/t23-,24-/m0/s1. The SMILES string of the molecule is Cn1nnc(-c2ccc(-c3ccc(N4C[C@@H](COP(=O)(O)OC[C@@H]5CN(c6ccc(-c7ccc(-c8nnn(C)n8)nc7)c(F)c6)C(=O)O5)OC4=O)cc3F)cn2)n1. The van der Waals surface area contributed by atoms with Gasteiger partial charge < -0.3 is 14.4 Å². The fraction of sp³-hybridized carbons (Fsp3) is 0.235. The maximum atomic E-state index is 15.2. The number of anilines is 2. The van der Waals surface area contributed by atoms with Gasteiger partial charge in [0.05, 0.1) is 51.8 Å². The third-order valence-electron chi connectivity index (χ3n) is 8.75. The number of benzene rings is 2. The van der Waals surface area contributed by atoms with Gasteiger partial charge in [0.2, 0.25) is 11.6 Å². The number of pyridine rings is 2. The molecule has 0 saturated carbocycles. The summed E-state index contributed by atoms with van der Waals surface area (Å²) in [6, 6.07) is 14.9. The molecule has 0 bridgehead atoms. The van der Waals surface area contributed by atoms with Crippen LogP contribution in [0.5, 0.6) is 0 Å². The first-order valence-corrected chi connectivity index (χ1v) is 18.5. The summed E-state index contributed by atoms with van der Waals surface area (Å²) < 4.78 is 63.8. The Bertz CT molecular complexity index is 2350. The summed E-state index contributed by atoms with van der Waals surface area (Å²) in [4.78, 5) is 49.1. The first-order valence-electron chi connectivity index (χ1n) is 17.0. The van der Waals surface area contributed by atoms with Crippen molar-refractivity contribution < 1.29 is 46.3 Å². The molecule has 0 spiro atoms. The number of hydrogen-bond donors (Lipinski definition) is 1. The van der Waals surface area contributed by atoms with Crippen molar-refractivity contribution in [2.45, 2.75) is 12.2 Å². The fourth-order valence-corrected chi connectivity index (χ4v) is 6.77. The van der Waals surface area contributed by atoms with Gasteiger partial charge in [-0.1, -0.05) is 12.1 Å². The van der Waals surface area contributed by atoms with Crippen molar-refractivity contribution in [2.75, 3.05) is 36.1 Å². The molecule has 2 fully saturated rings. The van der Waals surface area contributed by atoms with Gasteiger partial charge in [0, 0.05) is 34.6 Å². The number of cyclic esters (lactones) is 2. The van der Waals surface area contributed by atoms with E-state index in [0.717, 1.165) is 21.9 Å². The molecule has 4 aromatic heterocycles. The zero-order valence-corrected chi connectivity index (χ0v) is 30.7. The van der Waals surface area contributed by atoms with E-state index in [4.69, 9.17) is 18.5 Å². The van der Waals surface area contributed by atoms with Crippen molar-refractivity contribution in [3.05, 3.63) is 84.7 Å². The van der Waals surface area contributed by atoms with E-state index in [1.165, 1.54) is 46.3 Å². The van der Waals surface area contributed by atoms with E-state index in [0.29, 0.717) is 34.2 Å². The molecule has 0 aliphatic carbocycles. The molecule has 292 valence electrons. The highest BCUT2D eigenvalue weighted by atomic mass is 31.2. The predicted molar refractivity (Wildman–Crippen MR) is 192 cm³/mol. The molecule has 2 atom stereocenters. The molecule has 2 saturated heterocycles. The Kier molecular flexibility index (Phi) is 9.92.